The number of hydrogen-bond acceptors (Lipinski definition) is 6. The third-order valence-corrected chi connectivity index (χ3v) is 7.05. The Bertz CT molecular complexity index is 1000. The fourth-order valence-electron chi connectivity index (χ4n) is 4.95. The van der Waals surface area contributed by atoms with Crippen molar-refractivity contribution >= 4 is 29.1 Å². The van der Waals surface area contributed by atoms with Gasteiger partial charge in [-0.15, -0.1) is 0 Å². The van der Waals surface area contributed by atoms with Gasteiger partial charge in [0.05, 0.1) is 13.2 Å². The fourth-order valence-corrected chi connectivity index (χ4v) is 5.12. The summed E-state index contributed by atoms with van der Waals surface area (Å²) in [6.07, 6.45) is 1.56. The van der Waals surface area contributed by atoms with Gasteiger partial charge in [0, 0.05) is 81.5 Å². The first kappa shape index (κ1) is 21.4. The maximum Gasteiger partial charge on any atom is 0.344 e. The van der Waals surface area contributed by atoms with Crippen LogP contribution in [0.5, 0.6) is 0 Å². The number of fused-ring (bicyclic) bond motifs is 1. The van der Waals surface area contributed by atoms with E-state index in [-0.39, 0.29) is 11.8 Å². The van der Waals surface area contributed by atoms with Crippen molar-refractivity contribution in [3.8, 4) is 0 Å². The number of nitrogens with zero attached hydrogens (tertiary/aromatic N) is 5. The third kappa shape index (κ3) is 4.27. The van der Waals surface area contributed by atoms with Crippen LogP contribution < -0.4 is 4.90 Å². The van der Waals surface area contributed by atoms with Crippen LogP contribution in [0.4, 0.5) is 10.5 Å². The molecule has 1 amide bonds. The first-order valence-corrected chi connectivity index (χ1v) is 11.5. The molecule has 3 aliphatic heterocycles. The predicted octanol–water partition coefficient (Wildman–Crippen LogP) is 2.61. The molecular weight excluding hydrogens is 430 g/mol. The van der Waals surface area contributed by atoms with Crippen molar-refractivity contribution in [2.24, 2.45) is 11.8 Å². The molecule has 1 aromatic heterocycles. The van der Waals surface area contributed by atoms with Gasteiger partial charge in [-0.1, -0.05) is 17.7 Å². The van der Waals surface area contributed by atoms with Crippen molar-refractivity contribution in [2.45, 2.75) is 13.5 Å². The van der Waals surface area contributed by atoms with Gasteiger partial charge in [-0.3, -0.25) is 9.69 Å². The summed E-state index contributed by atoms with van der Waals surface area (Å²) in [5.74, 6) is 1.08. The number of benzene rings is 1. The molecule has 2 aromatic rings. The summed E-state index contributed by atoms with van der Waals surface area (Å²) < 4.78 is 6.89. The number of carbonyl (C=O) groups excluding carboxylic acids is 2. The Kier molecular flexibility index (Phi) is 5.92. The highest BCUT2D eigenvalue weighted by atomic mass is 35.5. The van der Waals surface area contributed by atoms with Crippen LogP contribution in [0, 0.1) is 11.8 Å². The lowest BCUT2D eigenvalue weighted by Gasteiger charge is -2.35. The third-order valence-electron chi connectivity index (χ3n) is 6.81. The molecule has 3 saturated heterocycles. The number of hydrogen-bond donors (Lipinski definition) is 0. The van der Waals surface area contributed by atoms with Gasteiger partial charge in [0.2, 0.25) is 0 Å². The van der Waals surface area contributed by atoms with Gasteiger partial charge >= 0.3 is 6.03 Å². The average molecular weight is 458 g/mol. The van der Waals surface area contributed by atoms with Crippen LogP contribution in [0.3, 0.4) is 0 Å². The fraction of sp³-hybridized carbons (Fsp3) is 0.522. The maximum atomic E-state index is 12.7. The molecule has 0 N–H and O–H groups in total. The molecule has 170 valence electrons. The highest BCUT2D eigenvalue weighted by Crippen LogP contribution is 2.35. The van der Waals surface area contributed by atoms with Crippen LogP contribution in [0.1, 0.15) is 23.0 Å². The quantitative estimate of drug-likeness (QED) is 0.657. The number of rotatable bonds is 4. The molecule has 0 saturated carbocycles. The Balaban J connectivity index is 1.22. The lowest BCUT2D eigenvalue weighted by molar-refractivity contribution is 0.101. The van der Waals surface area contributed by atoms with Crippen LogP contribution in [-0.2, 0) is 11.3 Å². The van der Waals surface area contributed by atoms with Crippen molar-refractivity contribution in [3.63, 3.8) is 0 Å². The molecule has 0 aliphatic carbocycles. The topological polar surface area (TPSA) is 70.9 Å². The van der Waals surface area contributed by atoms with Crippen molar-refractivity contribution in [1.82, 2.24) is 19.6 Å². The zero-order valence-electron chi connectivity index (χ0n) is 18.2. The van der Waals surface area contributed by atoms with Crippen molar-refractivity contribution in [1.29, 1.82) is 0 Å². The van der Waals surface area contributed by atoms with Crippen LogP contribution >= 0.6 is 11.6 Å². The molecule has 3 aliphatic rings. The zero-order chi connectivity index (χ0) is 22.2. The molecule has 5 rings (SSSR count). The Morgan fingerprint density at radius 3 is 2.47 bits per heavy atom. The van der Waals surface area contributed by atoms with E-state index in [0.717, 1.165) is 51.0 Å². The molecule has 8 nitrogen and oxygen atoms in total. The van der Waals surface area contributed by atoms with E-state index in [1.165, 1.54) is 22.9 Å². The van der Waals surface area contributed by atoms with Gasteiger partial charge in [0.25, 0.3) is 0 Å². The molecule has 0 spiro atoms. The average Bonchev–Trinajstić information content (AvgIpc) is 3.51. The number of ether oxygens (including phenoxy) is 1. The lowest BCUT2D eigenvalue weighted by atomic mass is 10.0. The Labute approximate surface area is 192 Å². The smallest absolute Gasteiger partial charge is 0.344 e. The predicted molar refractivity (Wildman–Crippen MR) is 121 cm³/mol. The number of anilines is 1. The second-order valence-corrected chi connectivity index (χ2v) is 9.42. The van der Waals surface area contributed by atoms with Crippen molar-refractivity contribution < 1.29 is 14.3 Å². The minimum atomic E-state index is -0.185. The Morgan fingerprint density at radius 1 is 1.09 bits per heavy atom. The molecule has 2 atom stereocenters. The highest BCUT2D eigenvalue weighted by molar-refractivity contribution is 6.30. The first-order chi connectivity index (χ1) is 15.5. The zero-order valence-corrected chi connectivity index (χ0v) is 19.0. The van der Waals surface area contributed by atoms with Gasteiger partial charge in [-0.25, -0.2) is 4.79 Å². The van der Waals surface area contributed by atoms with Crippen LogP contribution in [-0.4, -0.2) is 83.9 Å². The second kappa shape index (κ2) is 8.84. The van der Waals surface area contributed by atoms with Gasteiger partial charge < -0.3 is 14.5 Å². The number of aromatic nitrogens is 2. The molecule has 32 heavy (non-hydrogen) atoms. The molecule has 4 heterocycles. The number of ketones is 1. The molecule has 9 heteroatoms. The largest absolute Gasteiger partial charge is 0.381 e. The van der Waals surface area contributed by atoms with E-state index < -0.39 is 0 Å². The minimum Gasteiger partial charge on any atom is -0.381 e. The first-order valence-electron chi connectivity index (χ1n) is 11.2. The molecule has 3 fully saturated rings. The van der Waals surface area contributed by atoms with Crippen molar-refractivity contribution in [3.05, 3.63) is 46.7 Å². The SMILES string of the molecule is CC(=O)c1ccn(C(=O)N2CCN(Cc3ccc(Cl)cc3N3CC4COCC4C3)CC2)n1. The molecule has 0 bridgehead atoms. The number of amides is 1. The Hall–Kier alpha value is -2.42. The summed E-state index contributed by atoms with van der Waals surface area (Å²) >= 11 is 6.35. The van der Waals surface area contributed by atoms with E-state index in [4.69, 9.17) is 16.3 Å². The normalized spacial score (nSPS) is 23.6. The number of carbonyl (C=O) groups is 2. The molecule has 0 radical (unpaired) electrons. The lowest BCUT2D eigenvalue weighted by Crippen LogP contribution is -2.49. The second-order valence-electron chi connectivity index (χ2n) is 8.98. The van der Waals surface area contributed by atoms with E-state index >= 15 is 0 Å². The highest BCUT2D eigenvalue weighted by Gasteiger charge is 2.38. The van der Waals surface area contributed by atoms with Crippen LogP contribution in [0.25, 0.3) is 0 Å². The van der Waals surface area contributed by atoms with E-state index in [2.05, 4.69) is 27.0 Å². The van der Waals surface area contributed by atoms with Gasteiger partial charge in [0.1, 0.15) is 5.69 Å². The Morgan fingerprint density at radius 2 is 1.81 bits per heavy atom. The van der Waals surface area contributed by atoms with Crippen molar-refractivity contribution in [2.75, 3.05) is 57.4 Å². The van der Waals surface area contributed by atoms with Gasteiger partial charge in [-0.2, -0.15) is 9.78 Å². The maximum absolute atomic E-state index is 12.7. The van der Waals surface area contributed by atoms with Gasteiger partial charge in [-0.05, 0) is 23.8 Å². The summed E-state index contributed by atoms with van der Waals surface area (Å²) in [6, 6.07) is 7.58. The summed E-state index contributed by atoms with van der Waals surface area (Å²) in [5.41, 5.74) is 2.80. The molecular formula is C23H28ClN5O3. The summed E-state index contributed by atoms with van der Waals surface area (Å²) in [6.45, 7) is 8.86. The number of halogens is 1. The van der Waals surface area contributed by atoms with Gasteiger partial charge in [0.15, 0.2) is 5.78 Å². The van der Waals surface area contributed by atoms with E-state index in [1.807, 2.05) is 6.07 Å². The van der Waals surface area contributed by atoms with E-state index in [9.17, 15) is 9.59 Å². The van der Waals surface area contributed by atoms with Crippen LogP contribution in [0.2, 0.25) is 5.02 Å². The van der Waals surface area contributed by atoms with E-state index in [1.54, 1.807) is 17.2 Å². The number of piperazine rings is 1. The standard InChI is InChI=1S/C23H28ClN5O3/c1-16(30)21-4-5-29(25-21)23(31)27-8-6-26(7-9-27)11-17-2-3-20(24)10-22(17)28-12-18-14-32-15-19(18)13-28/h2-5,10,18-19H,6-9,11-15H2,1H3. The summed E-state index contributed by atoms with van der Waals surface area (Å²) in [7, 11) is 0. The summed E-state index contributed by atoms with van der Waals surface area (Å²) in [4.78, 5) is 30.8. The van der Waals surface area contributed by atoms with Crippen LogP contribution in [0.15, 0.2) is 30.5 Å². The summed E-state index contributed by atoms with van der Waals surface area (Å²) in [5, 5.41) is 4.86. The number of Topliss-reactive ketones (excluding diaryl/α,β-unsaturated/α-hetero) is 1. The minimum absolute atomic E-state index is 0.144. The monoisotopic (exact) mass is 457 g/mol. The van der Waals surface area contributed by atoms with E-state index in [0.29, 0.717) is 30.6 Å². The molecule has 1 aromatic carbocycles. The molecule has 2 unspecified atom stereocenters.